The van der Waals surface area contributed by atoms with Crippen molar-refractivity contribution < 1.29 is 5.11 Å². The third kappa shape index (κ3) is 3.45. The van der Waals surface area contributed by atoms with Crippen LogP contribution in [0.15, 0.2) is 18.2 Å². The summed E-state index contributed by atoms with van der Waals surface area (Å²) in [5, 5.41) is 10.8. The summed E-state index contributed by atoms with van der Waals surface area (Å²) in [4.78, 5) is 2.26. The van der Waals surface area contributed by atoms with Crippen molar-refractivity contribution in [1.82, 2.24) is 4.90 Å². The summed E-state index contributed by atoms with van der Waals surface area (Å²) in [7, 11) is 0. The van der Waals surface area contributed by atoms with E-state index in [1.165, 1.54) is 0 Å². The van der Waals surface area contributed by atoms with Crippen LogP contribution in [0, 0.1) is 0 Å². The Kier molecular flexibility index (Phi) is 4.28. The van der Waals surface area contributed by atoms with Crippen LogP contribution in [0.2, 0.25) is 5.02 Å². The highest BCUT2D eigenvalue weighted by Gasteiger charge is 2.28. The molecule has 0 bridgehead atoms. The van der Waals surface area contributed by atoms with Gasteiger partial charge in [-0.2, -0.15) is 0 Å². The summed E-state index contributed by atoms with van der Waals surface area (Å²) in [6.07, 6.45) is 1.91. The number of halogens is 1. The summed E-state index contributed by atoms with van der Waals surface area (Å²) in [6.45, 7) is 4.93. The molecule has 0 amide bonds. The third-order valence-electron chi connectivity index (χ3n) is 3.50. The highest BCUT2D eigenvalue weighted by Crippen LogP contribution is 2.24. The SMILES string of the molecule is CC1(O)CCCN(Cc2ccc(CN)cc2Cl)C1. The molecular weight excluding hydrogens is 248 g/mol. The van der Waals surface area contributed by atoms with Crippen LogP contribution in [0.4, 0.5) is 0 Å². The molecule has 1 aliphatic rings. The van der Waals surface area contributed by atoms with Crippen molar-refractivity contribution in [3.05, 3.63) is 34.3 Å². The topological polar surface area (TPSA) is 49.5 Å². The lowest BCUT2D eigenvalue weighted by molar-refractivity contribution is -0.0181. The molecule has 1 aromatic carbocycles. The van der Waals surface area contributed by atoms with Gasteiger partial charge in [0.05, 0.1) is 5.60 Å². The number of rotatable bonds is 3. The van der Waals surface area contributed by atoms with Crippen LogP contribution in [0.25, 0.3) is 0 Å². The fourth-order valence-electron chi connectivity index (χ4n) is 2.55. The molecule has 4 heteroatoms. The predicted molar refractivity (Wildman–Crippen MR) is 74.5 cm³/mol. The zero-order chi connectivity index (χ0) is 13.2. The van der Waals surface area contributed by atoms with Gasteiger partial charge in [-0.1, -0.05) is 23.7 Å². The Hall–Kier alpha value is -0.610. The van der Waals surface area contributed by atoms with Crippen molar-refractivity contribution in [2.24, 2.45) is 5.73 Å². The summed E-state index contributed by atoms with van der Waals surface area (Å²) in [5.74, 6) is 0. The lowest BCUT2D eigenvalue weighted by atomic mass is 9.95. The van der Waals surface area contributed by atoms with E-state index in [1.54, 1.807) is 0 Å². The zero-order valence-electron chi connectivity index (χ0n) is 10.8. The zero-order valence-corrected chi connectivity index (χ0v) is 11.6. The van der Waals surface area contributed by atoms with Gasteiger partial charge in [0.25, 0.3) is 0 Å². The normalized spacial score (nSPS) is 25.3. The standard InChI is InChI=1S/C14H21ClN2O/c1-14(18)5-2-6-17(10-14)9-12-4-3-11(8-16)7-13(12)15/h3-4,7,18H,2,5-6,8-10,16H2,1H3. The molecule has 1 heterocycles. The van der Waals surface area contributed by atoms with Crippen LogP contribution in [0.1, 0.15) is 30.9 Å². The van der Waals surface area contributed by atoms with Crippen LogP contribution in [-0.4, -0.2) is 28.7 Å². The lowest BCUT2D eigenvalue weighted by Gasteiger charge is -2.37. The van der Waals surface area contributed by atoms with Crippen LogP contribution in [-0.2, 0) is 13.1 Å². The van der Waals surface area contributed by atoms with E-state index in [-0.39, 0.29) is 0 Å². The van der Waals surface area contributed by atoms with Crippen LogP contribution in [0.3, 0.4) is 0 Å². The van der Waals surface area contributed by atoms with E-state index in [9.17, 15) is 5.11 Å². The van der Waals surface area contributed by atoms with E-state index >= 15 is 0 Å². The number of aliphatic hydroxyl groups is 1. The molecule has 0 aromatic heterocycles. The van der Waals surface area contributed by atoms with Crippen LogP contribution < -0.4 is 5.73 Å². The van der Waals surface area contributed by atoms with E-state index < -0.39 is 5.60 Å². The molecule has 100 valence electrons. The minimum absolute atomic E-state index is 0.512. The first-order valence-electron chi connectivity index (χ1n) is 6.42. The number of likely N-dealkylation sites (tertiary alicyclic amines) is 1. The molecule has 18 heavy (non-hydrogen) atoms. The minimum Gasteiger partial charge on any atom is -0.389 e. The molecule has 0 aliphatic carbocycles. The van der Waals surface area contributed by atoms with Gasteiger partial charge >= 0.3 is 0 Å². The van der Waals surface area contributed by atoms with Gasteiger partial charge < -0.3 is 10.8 Å². The molecule has 1 atom stereocenters. The van der Waals surface area contributed by atoms with Gasteiger partial charge in [-0.3, -0.25) is 4.90 Å². The Morgan fingerprint density at radius 2 is 2.28 bits per heavy atom. The Labute approximate surface area is 114 Å². The van der Waals surface area contributed by atoms with E-state index in [4.69, 9.17) is 17.3 Å². The van der Waals surface area contributed by atoms with Gasteiger partial charge in [0, 0.05) is 24.7 Å². The first-order valence-corrected chi connectivity index (χ1v) is 6.80. The molecule has 3 nitrogen and oxygen atoms in total. The fourth-order valence-corrected chi connectivity index (χ4v) is 2.81. The number of nitrogens with two attached hydrogens (primary N) is 1. The van der Waals surface area contributed by atoms with Crippen molar-refractivity contribution in [3.63, 3.8) is 0 Å². The Morgan fingerprint density at radius 3 is 2.89 bits per heavy atom. The highest BCUT2D eigenvalue weighted by atomic mass is 35.5. The average Bonchev–Trinajstić information content (AvgIpc) is 2.30. The molecule has 3 N–H and O–H groups in total. The van der Waals surface area contributed by atoms with E-state index in [0.717, 1.165) is 42.1 Å². The summed E-state index contributed by atoms with van der Waals surface area (Å²) in [6, 6.07) is 5.98. The third-order valence-corrected chi connectivity index (χ3v) is 3.85. The maximum atomic E-state index is 10.1. The van der Waals surface area contributed by atoms with E-state index in [1.807, 2.05) is 25.1 Å². The second-order valence-electron chi connectivity index (χ2n) is 5.44. The van der Waals surface area contributed by atoms with E-state index in [0.29, 0.717) is 13.1 Å². The lowest BCUT2D eigenvalue weighted by Crippen LogP contribution is -2.45. The molecule has 0 spiro atoms. The molecule has 1 unspecified atom stereocenters. The molecule has 1 saturated heterocycles. The quantitative estimate of drug-likeness (QED) is 0.883. The molecule has 1 aliphatic heterocycles. The first kappa shape index (κ1) is 13.8. The van der Waals surface area contributed by atoms with Crippen molar-refractivity contribution in [2.45, 2.75) is 38.5 Å². The summed E-state index contributed by atoms with van der Waals surface area (Å²) < 4.78 is 0. The predicted octanol–water partition coefficient (Wildman–Crippen LogP) is 2.15. The highest BCUT2D eigenvalue weighted by molar-refractivity contribution is 6.31. The number of hydrogen-bond donors (Lipinski definition) is 2. The van der Waals surface area contributed by atoms with Crippen molar-refractivity contribution in [1.29, 1.82) is 0 Å². The summed E-state index contributed by atoms with van der Waals surface area (Å²) in [5.41, 5.74) is 7.17. The molecule has 0 radical (unpaired) electrons. The van der Waals surface area contributed by atoms with Gasteiger partial charge in [0.1, 0.15) is 0 Å². The van der Waals surface area contributed by atoms with Gasteiger partial charge in [0.15, 0.2) is 0 Å². The minimum atomic E-state index is -0.568. The average molecular weight is 269 g/mol. The smallest absolute Gasteiger partial charge is 0.0746 e. The Morgan fingerprint density at radius 1 is 1.50 bits per heavy atom. The molecule has 1 fully saturated rings. The van der Waals surface area contributed by atoms with E-state index in [2.05, 4.69) is 4.90 Å². The molecule has 1 aromatic rings. The fraction of sp³-hybridized carbons (Fsp3) is 0.571. The summed E-state index contributed by atoms with van der Waals surface area (Å²) >= 11 is 6.25. The van der Waals surface area contributed by atoms with Crippen LogP contribution in [0.5, 0.6) is 0 Å². The second-order valence-corrected chi connectivity index (χ2v) is 5.85. The van der Waals surface area contributed by atoms with Gasteiger partial charge in [-0.05, 0) is 43.5 Å². The maximum absolute atomic E-state index is 10.1. The number of piperidine rings is 1. The molecule has 2 rings (SSSR count). The van der Waals surface area contributed by atoms with Crippen LogP contribution >= 0.6 is 11.6 Å². The number of β-amino-alcohol motifs (C(OH)–C–C–N with tert-alkyl or cyclic N) is 1. The van der Waals surface area contributed by atoms with Gasteiger partial charge in [0.2, 0.25) is 0 Å². The number of hydrogen-bond acceptors (Lipinski definition) is 3. The first-order chi connectivity index (χ1) is 8.50. The largest absolute Gasteiger partial charge is 0.389 e. The van der Waals surface area contributed by atoms with Crippen molar-refractivity contribution >= 4 is 11.6 Å². The monoisotopic (exact) mass is 268 g/mol. The van der Waals surface area contributed by atoms with Gasteiger partial charge in [-0.25, -0.2) is 0 Å². The molecule has 0 saturated carbocycles. The second kappa shape index (κ2) is 5.57. The number of nitrogens with zero attached hydrogens (tertiary/aromatic N) is 1. The van der Waals surface area contributed by atoms with Gasteiger partial charge in [-0.15, -0.1) is 0 Å². The maximum Gasteiger partial charge on any atom is 0.0746 e. The Bertz CT molecular complexity index is 420. The Balaban J connectivity index is 2.05. The van der Waals surface area contributed by atoms with Crippen molar-refractivity contribution in [3.8, 4) is 0 Å². The van der Waals surface area contributed by atoms with Crippen molar-refractivity contribution in [2.75, 3.05) is 13.1 Å². The number of benzene rings is 1. The molecular formula is C14H21ClN2O.